The molecule has 0 amide bonds. The van der Waals surface area contributed by atoms with E-state index in [0.29, 0.717) is 6.42 Å². The maximum Gasteiger partial charge on any atom is 0.516 e. The summed E-state index contributed by atoms with van der Waals surface area (Å²) in [5.74, 6) is -5.67. The quantitative estimate of drug-likeness (QED) is 0.112. The van der Waals surface area contributed by atoms with Crippen molar-refractivity contribution in [2.24, 2.45) is 17.8 Å². The number of hydrogen-bond acceptors (Lipinski definition) is 18. The zero-order chi connectivity index (χ0) is 51.8. The van der Waals surface area contributed by atoms with Crippen molar-refractivity contribution in [3.8, 4) is 0 Å². The van der Waals surface area contributed by atoms with Crippen molar-refractivity contribution < 1.29 is 80.9 Å². The molecular weight excluding hydrogens is 899 g/mol. The summed E-state index contributed by atoms with van der Waals surface area (Å²) in [4.78, 5) is 82.7. The van der Waals surface area contributed by atoms with Crippen molar-refractivity contribution in [3.63, 3.8) is 0 Å². The van der Waals surface area contributed by atoms with Gasteiger partial charge in [-0.3, -0.25) is 19.2 Å². The van der Waals surface area contributed by atoms with Gasteiger partial charge in [0.2, 0.25) is 0 Å². The van der Waals surface area contributed by atoms with E-state index in [4.69, 9.17) is 52.1 Å². The first-order valence-electron chi connectivity index (χ1n) is 24.0. The lowest BCUT2D eigenvalue weighted by atomic mass is 9.76. The highest BCUT2D eigenvalue weighted by Crippen LogP contribution is 2.42. The second kappa shape index (κ2) is 24.2. The molecule has 0 bridgehead atoms. The molecule has 0 spiro atoms. The molecule has 3 heterocycles. The Morgan fingerprint density at radius 3 is 2.01 bits per heavy atom. The van der Waals surface area contributed by atoms with Crippen LogP contribution in [0.25, 0.3) is 0 Å². The van der Waals surface area contributed by atoms with Crippen LogP contribution in [0.4, 0.5) is 4.79 Å². The van der Waals surface area contributed by atoms with E-state index in [2.05, 4.69) is 0 Å². The minimum atomic E-state index is -1.55. The van der Waals surface area contributed by atoms with Crippen molar-refractivity contribution in [3.05, 3.63) is 47.5 Å². The van der Waals surface area contributed by atoms with Gasteiger partial charge in [0.05, 0.1) is 47.5 Å². The second-order valence-corrected chi connectivity index (χ2v) is 19.7. The van der Waals surface area contributed by atoms with Gasteiger partial charge in [-0.05, 0) is 106 Å². The number of likely N-dealkylation sites (N-methyl/N-ethyl adjacent to an activating group) is 1. The molecule has 3 aliphatic heterocycles. The van der Waals surface area contributed by atoms with E-state index in [1.807, 2.05) is 32.8 Å². The highest BCUT2D eigenvalue weighted by molar-refractivity contribution is 5.97. The van der Waals surface area contributed by atoms with Crippen molar-refractivity contribution in [1.29, 1.82) is 0 Å². The number of esters is 4. The average molecular weight is 976 g/mol. The highest BCUT2D eigenvalue weighted by atomic mass is 16.8. The number of ketones is 1. The van der Waals surface area contributed by atoms with Gasteiger partial charge in [-0.2, -0.15) is 0 Å². The smallest absolute Gasteiger partial charge is 0.457 e. The summed E-state index contributed by atoms with van der Waals surface area (Å²) in [5, 5.41) is 0. The summed E-state index contributed by atoms with van der Waals surface area (Å²) in [6.45, 7) is 20.2. The number of ether oxygens (including phenoxy) is 11. The van der Waals surface area contributed by atoms with E-state index in [1.165, 1.54) is 33.3 Å². The molecule has 18 nitrogen and oxygen atoms in total. The molecule has 3 aliphatic rings. The molecule has 2 saturated heterocycles. The van der Waals surface area contributed by atoms with E-state index in [0.717, 1.165) is 0 Å². The van der Waals surface area contributed by atoms with E-state index in [1.54, 1.807) is 86.6 Å². The summed E-state index contributed by atoms with van der Waals surface area (Å²) >= 11 is 0. The molecule has 0 radical (unpaired) electrons. The first-order chi connectivity index (χ1) is 32.3. The fourth-order valence-corrected chi connectivity index (χ4v) is 10.0. The SMILES string of the molecule is CCC(=O)O[C@@]1(C)/C=C(\C)C(=O)[C@H](C)C[C@@](C)(OC)[C@H](O[C@@H]2O[C@H](C)C[C@H](N(C)C)[C@H]2OC(C)=O)[C@@H](C)[C@H](O[C@H]2C[C@@](C)(OC)[C@@H](OC(=O)OC(=O)c3ccccc3)[C@H](C)O2)[C@@H](C)C(=O)O[C@@H]1CC. The Morgan fingerprint density at radius 2 is 1.45 bits per heavy atom. The van der Waals surface area contributed by atoms with Gasteiger partial charge in [-0.25, -0.2) is 9.59 Å². The molecule has 0 unspecified atom stereocenters. The number of hydrogen-bond donors (Lipinski definition) is 0. The van der Waals surface area contributed by atoms with Gasteiger partial charge in [0.1, 0.15) is 11.7 Å². The molecule has 1 aromatic rings. The monoisotopic (exact) mass is 976 g/mol. The number of carbonyl (C=O) groups excluding carboxylic acids is 6. The van der Waals surface area contributed by atoms with Gasteiger partial charge >= 0.3 is 30.0 Å². The highest BCUT2D eigenvalue weighted by Gasteiger charge is 2.54. The Kier molecular flexibility index (Phi) is 20.1. The first kappa shape index (κ1) is 57.3. The number of allylic oxidation sites excluding steroid dienone is 1. The van der Waals surface area contributed by atoms with E-state index < -0.39 is 114 Å². The zero-order valence-electron chi connectivity index (χ0n) is 43.4. The third-order valence-corrected chi connectivity index (χ3v) is 13.9. The van der Waals surface area contributed by atoms with Crippen LogP contribution in [-0.2, 0) is 71.3 Å². The summed E-state index contributed by atoms with van der Waals surface area (Å²) in [6, 6.07) is 7.65. The first-order valence-corrected chi connectivity index (χ1v) is 24.0. The van der Waals surface area contributed by atoms with Gasteiger partial charge in [0.25, 0.3) is 0 Å². The molecule has 16 atom stereocenters. The number of benzene rings is 1. The van der Waals surface area contributed by atoms with Crippen molar-refractivity contribution in [2.45, 2.75) is 193 Å². The molecule has 2 fully saturated rings. The average Bonchev–Trinajstić information content (AvgIpc) is 3.29. The predicted molar refractivity (Wildman–Crippen MR) is 249 cm³/mol. The topological polar surface area (TPSA) is 207 Å². The van der Waals surface area contributed by atoms with Crippen molar-refractivity contribution in [2.75, 3.05) is 28.3 Å². The summed E-state index contributed by atoms with van der Waals surface area (Å²) in [5.41, 5.74) is -3.76. The van der Waals surface area contributed by atoms with Crippen molar-refractivity contribution in [1.82, 2.24) is 4.90 Å². The third-order valence-electron chi connectivity index (χ3n) is 13.9. The second-order valence-electron chi connectivity index (χ2n) is 19.7. The van der Waals surface area contributed by atoms with E-state index in [9.17, 15) is 28.8 Å². The molecular formula is C51H77NO17. The van der Waals surface area contributed by atoms with Crippen LogP contribution in [0, 0.1) is 17.8 Å². The van der Waals surface area contributed by atoms with Crippen LogP contribution in [0.2, 0.25) is 0 Å². The maximum atomic E-state index is 14.8. The molecule has 0 aliphatic carbocycles. The molecule has 0 N–H and O–H groups in total. The lowest BCUT2D eigenvalue weighted by molar-refractivity contribution is -0.320. The Hall–Kier alpha value is -4.30. The molecule has 388 valence electrons. The number of nitrogens with zero attached hydrogens (tertiary/aromatic N) is 1. The zero-order valence-corrected chi connectivity index (χ0v) is 43.4. The molecule has 0 aromatic heterocycles. The Morgan fingerprint density at radius 1 is 0.826 bits per heavy atom. The van der Waals surface area contributed by atoms with Crippen LogP contribution in [0.3, 0.4) is 0 Å². The number of Topliss-reactive ketones (excluding diaryl/α,β-unsaturated/α-hetero) is 1. The maximum absolute atomic E-state index is 14.8. The molecule has 18 heteroatoms. The number of carbonyl (C=O) groups is 6. The largest absolute Gasteiger partial charge is 0.516 e. The Bertz CT molecular complexity index is 1980. The fraction of sp³-hybridized carbons (Fsp3) is 0.725. The van der Waals surface area contributed by atoms with Crippen LogP contribution >= 0.6 is 0 Å². The fourth-order valence-electron chi connectivity index (χ4n) is 10.0. The molecule has 69 heavy (non-hydrogen) atoms. The van der Waals surface area contributed by atoms with Crippen LogP contribution in [-0.4, -0.2) is 147 Å². The Labute approximate surface area is 407 Å². The number of rotatable bonds is 13. The normalized spacial score (nSPS) is 37.9. The van der Waals surface area contributed by atoms with Gasteiger partial charge in [0.15, 0.2) is 36.2 Å². The summed E-state index contributed by atoms with van der Waals surface area (Å²) in [7, 11) is 6.68. The minimum Gasteiger partial charge on any atom is -0.457 e. The number of methoxy groups -OCH3 is 2. The van der Waals surface area contributed by atoms with Gasteiger partial charge < -0.3 is 57.0 Å². The molecule has 4 rings (SSSR count). The predicted octanol–water partition coefficient (Wildman–Crippen LogP) is 6.92. The van der Waals surface area contributed by atoms with Crippen molar-refractivity contribution >= 4 is 35.8 Å². The summed E-state index contributed by atoms with van der Waals surface area (Å²) < 4.78 is 68.4. The molecule has 0 saturated carbocycles. The Balaban J connectivity index is 1.86. The lowest BCUT2D eigenvalue weighted by Gasteiger charge is -2.50. The van der Waals surface area contributed by atoms with E-state index >= 15 is 0 Å². The number of cyclic esters (lactones) is 1. The van der Waals surface area contributed by atoms with Crippen LogP contribution < -0.4 is 0 Å². The van der Waals surface area contributed by atoms with Crippen LogP contribution in [0.5, 0.6) is 0 Å². The van der Waals surface area contributed by atoms with Crippen LogP contribution in [0.1, 0.15) is 126 Å². The summed E-state index contributed by atoms with van der Waals surface area (Å²) in [6.07, 6.45) is -7.78. The van der Waals surface area contributed by atoms with Gasteiger partial charge in [-0.15, -0.1) is 0 Å². The molecule has 1 aromatic carbocycles. The van der Waals surface area contributed by atoms with Crippen LogP contribution in [0.15, 0.2) is 42.0 Å². The van der Waals surface area contributed by atoms with Gasteiger partial charge in [0, 0.05) is 45.8 Å². The van der Waals surface area contributed by atoms with Gasteiger partial charge in [-0.1, -0.05) is 45.9 Å². The third kappa shape index (κ3) is 14.0. The standard InChI is InChI=1S/C51H77NO17/c1-17-37-49(10,69-38(54)18-2)25-28(3)40(55)29(4)26-50(11,59-15)43(66-47-42(63-34(9)53)36(52(13)14)24-30(5)61-47)31(6)41(32(7)45(56)64-37)65-39-27-51(12,60-16)44(33(8)62-39)67-48(58)68-46(57)35-22-20-19-21-23-35/h19-23,25,29-33,36-37,39,41-44,47H,17-18,24,26-27H2,1-16H3/b28-25+/t29-,30-,31+,32-,33+,36+,37-,39+,41+,42-,43-,44+,47+,49+,50-,51-/m1/s1. The lowest BCUT2D eigenvalue weighted by Crippen LogP contribution is -2.61. The van der Waals surface area contributed by atoms with E-state index in [-0.39, 0.29) is 54.7 Å². The minimum absolute atomic E-state index is 0.0325.